The quantitative estimate of drug-likeness (QED) is 0.874. The number of benzene rings is 2. The van der Waals surface area contributed by atoms with Gasteiger partial charge in [0, 0.05) is 16.4 Å². The molecule has 0 saturated heterocycles. The minimum atomic E-state index is -0.105. The number of rotatable bonds is 5. The first kappa shape index (κ1) is 14.4. The van der Waals surface area contributed by atoms with Gasteiger partial charge in [-0.05, 0) is 42.3 Å². The minimum absolute atomic E-state index is 0.105. The molecule has 0 radical (unpaired) electrons. The van der Waals surface area contributed by atoms with Crippen molar-refractivity contribution in [3.8, 4) is 0 Å². The number of anilines is 2. The molecule has 0 aliphatic carbocycles. The lowest BCUT2D eigenvalue weighted by molar-refractivity contribution is -0.114. The zero-order valence-corrected chi connectivity index (χ0v) is 12.1. The van der Waals surface area contributed by atoms with E-state index >= 15 is 0 Å². The van der Waals surface area contributed by atoms with Crippen LogP contribution in [0.1, 0.15) is 12.5 Å². The van der Waals surface area contributed by atoms with Gasteiger partial charge in [-0.1, -0.05) is 36.7 Å². The molecule has 2 aromatic rings. The lowest BCUT2D eigenvalue weighted by atomic mass is 10.1. The summed E-state index contributed by atoms with van der Waals surface area (Å²) in [6, 6.07) is 15.2. The van der Waals surface area contributed by atoms with Crippen molar-refractivity contribution in [2.24, 2.45) is 0 Å². The predicted molar refractivity (Wildman–Crippen MR) is 84.4 cm³/mol. The van der Waals surface area contributed by atoms with E-state index in [1.165, 1.54) is 5.56 Å². The summed E-state index contributed by atoms with van der Waals surface area (Å²) >= 11 is 5.86. The molecule has 2 rings (SSSR count). The highest BCUT2D eigenvalue weighted by atomic mass is 35.5. The van der Waals surface area contributed by atoms with Crippen molar-refractivity contribution in [1.82, 2.24) is 0 Å². The fourth-order valence-corrected chi connectivity index (χ4v) is 2.00. The minimum Gasteiger partial charge on any atom is -0.376 e. The summed E-state index contributed by atoms with van der Waals surface area (Å²) < 4.78 is 0. The molecule has 0 heterocycles. The van der Waals surface area contributed by atoms with E-state index in [0.717, 1.165) is 12.1 Å². The fraction of sp³-hybridized carbons (Fsp3) is 0.188. The Labute approximate surface area is 124 Å². The lowest BCUT2D eigenvalue weighted by Crippen LogP contribution is -2.21. The van der Waals surface area contributed by atoms with Crippen LogP contribution in [0.5, 0.6) is 0 Å². The molecule has 0 saturated carbocycles. The largest absolute Gasteiger partial charge is 0.376 e. The Hall–Kier alpha value is -2.00. The average Bonchev–Trinajstić information content (AvgIpc) is 2.46. The number of hydrogen-bond acceptors (Lipinski definition) is 2. The highest BCUT2D eigenvalue weighted by Gasteiger charge is 2.02. The molecule has 0 bridgehead atoms. The summed E-state index contributed by atoms with van der Waals surface area (Å²) in [6.07, 6.45) is 1.01. The van der Waals surface area contributed by atoms with Crippen molar-refractivity contribution < 1.29 is 4.79 Å². The zero-order chi connectivity index (χ0) is 14.4. The first-order chi connectivity index (χ1) is 9.67. The molecule has 0 aliphatic heterocycles. The summed E-state index contributed by atoms with van der Waals surface area (Å²) in [6.45, 7) is 2.33. The van der Waals surface area contributed by atoms with E-state index in [9.17, 15) is 4.79 Å². The number of nitrogens with one attached hydrogen (secondary N) is 2. The number of hydrogen-bond donors (Lipinski definition) is 2. The smallest absolute Gasteiger partial charge is 0.243 e. The van der Waals surface area contributed by atoms with Crippen LogP contribution in [-0.2, 0) is 11.2 Å². The van der Waals surface area contributed by atoms with Gasteiger partial charge in [-0.3, -0.25) is 4.79 Å². The Bertz CT molecular complexity index is 581. The topological polar surface area (TPSA) is 41.1 Å². The third-order valence-electron chi connectivity index (χ3n) is 2.92. The van der Waals surface area contributed by atoms with Crippen molar-refractivity contribution in [3.63, 3.8) is 0 Å². The molecule has 0 aliphatic rings. The van der Waals surface area contributed by atoms with Gasteiger partial charge in [-0.15, -0.1) is 0 Å². The maximum Gasteiger partial charge on any atom is 0.243 e. The fourth-order valence-electron chi connectivity index (χ4n) is 1.81. The number of aryl methyl sites for hydroxylation is 1. The van der Waals surface area contributed by atoms with Gasteiger partial charge in [0.15, 0.2) is 0 Å². The van der Waals surface area contributed by atoms with Crippen molar-refractivity contribution in [2.75, 3.05) is 17.2 Å². The number of amides is 1. The predicted octanol–water partition coefficient (Wildman–Crippen LogP) is 3.95. The third kappa shape index (κ3) is 4.28. The summed E-state index contributed by atoms with van der Waals surface area (Å²) in [4.78, 5) is 11.8. The molecule has 0 fully saturated rings. The molecule has 1 amide bonds. The SMILES string of the molecule is CCc1ccc(NCC(=O)Nc2cccc(Cl)c2)cc1. The Balaban J connectivity index is 1.85. The normalized spacial score (nSPS) is 10.1. The first-order valence-electron chi connectivity index (χ1n) is 6.55. The third-order valence-corrected chi connectivity index (χ3v) is 3.16. The van der Waals surface area contributed by atoms with E-state index in [2.05, 4.69) is 29.7 Å². The summed E-state index contributed by atoms with van der Waals surface area (Å²) in [5.74, 6) is -0.105. The molecule has 0 aromatic heterocycles. The van der Waals surface area contributed by atoms with Crippen LogP contribution in [0.3, 0.4) is 0 Å². The number of carbonyl (C=O) groups is 1. The van der Waals surface area contributed by atoms with E-state index in [4.69, 9.17) is 11.6 Å². The summed E-state index contributed by atoms with van der Waals surface area (Å²) in [5, 5.41) is 6.48. The average molecular weight is 289 g/mol. The van der Waals surface area contributed by atoms with E-state index in [1.807, 2.05) is 12.1 Å². The molecule has 0 unspecified atom stereocenters. The van der Waals surface area contributed by atoms with Gasteiger partial charge in [-0.25, -0.2) is 0 Å². The molecule has 0 spiro atoms. The van der Waals surface area contributed by atoms with Crippen LogP contribution in [0.15, 0.2) is 48.5 Å². The van der Waals surface area contributed by atoms with Crippen LogP contribution in [0.25, 0.3) is 0 Å². The number of carbonyl (C=O) groups excluding carboxylic acids is 1. The Morgan fingerprint density at radius 3 is 2.50 bits per heavy atom. The maximum atomic E-state index is 11.8. The van der Waals surface area contributed by atoms with Crippen molar-refractivity contribution >= 4 is 28.9 Å². The van der Waals surface area contributed by atoms with Gasteiger partial charge in [-0.2, -0.15) is 0 Å². The molecule has 104 valence electrons. The standard InChI is InChI=1S/C16H17ClN2O/c1-2-12-6-8-14(9-7-12)18-11-16(20)19-15-5-3-4-13(17)10-15/h3-10,18H,2,11H2,1H3,(H,19,20). The Morgan fingerprint density at radius 2 is 1.85 bits per heavy atom. The van der Waals surface area contributed by atoms with E-state index in [0.29, 0.717) is 10.7 Å². The summed E-state index contributed by atoms with van der Waals surface area (Å²) in [5.41, 5.74) is 2.91. The van der Waals surface area contributed by atoms with Gasteiger partial charge in [0.25, 0.3) is 0 Å². The van der Waals surface area contributed by atoms with Crippen LogP contribution in [0.4, 0.5) is 11.4 Å². The molecule has 3 nitrogen and oxygen atoms in total. The first-order valence-corrected chi connectivity index (χ1v) is 6.93. The van der Waals surface area contributed by atoms with Gasteiger partial charge in [0.1, 0.15) is 0 Å². The maximum absolute atomic E-state index is 11.8. The van der Waals surface area contributed by atoms with Crippen LogP contribution in [0, 0.1) is 0 Å². The molecule has 4 heteroatoms. The van der Waals surface area contributed by atoms with Crippen molar-refractivity contribution in [1.29, 1.82) is 0 Å². The number of halogens is 1. The second-order valence-corrected chi connectivity index (χ2v) is 4.90. The Morgan fingerprint density at radius 1 is 1.10 bits per heavy atom. The van der Waals surface area contributed by atoms with Gasteiger partial charge < -0.3 is 10.6 Å². The Kier molecular flexibility index (Phi) is 5.02. The van der Waals surface area contributed by atoms with E-state index in [1.54, 1.807) is 24.3 Å². The van der Waals surface area contributed by atoms with Crippen LogP contribution in [0.2, 0.25) is 5.02 Å². The molecule has 2 aromatic carbocycles. The highest BCUT2D eigenvalue weighted by Crippen LogP contribution is 2.15. The monoisotopic (exact) mass is 288 g/mol. The molecular weight excluding hydrogens is 272 g/mol. The van der Waals surface area contributed by atoms with Crippen LogP contribution in [-0.4, -0.2) is 12.5 Å². The van der Waals surface area contributed by atoms with Crippen molar-refractivity contribution in [3.05, 3.63) is 59.1 Å². The van der Waals surface area contributed by atoms with Crippen LogP contribution >= 0.6 is 11.6 Å². The second kappa shape index (κ2) is 6.96. The van der Waals surface area contributed by atoms with Gasteiger partial charge in [0.2, 0.25) is 5.91 Å². The van der Waals surface area contributed by atoms with Gasteiger partial charge in [0.05, 0.1) is 6.54 Å². The van der Waals surface area contributed by atoms with Gasteiger partial charge >= 0.3 is 0 Å². The molecule has 20 heavy (non-hydrogen) atoms. The molecule has 2 N–H and O–H groups in total. The molecule has 0 atom stereocenters. The zero-order valence-electron chi connectivity index (χ0n) is 11.3. The second-order valence-electron chi connectivity index (χ2n) is 4.46. The lowest BCUT2D eigenvalue weighted by Gasteiger charge is -2.08. The highest BCUT2D eigenvalue weighted by molar-refractivity contribution is 6.30. The summed E-state index contributed by atoms with van der Waals surface area (Å²) in [7, 11) is 0. The van der Waals surface area contributed by atoms with E-state index < -0.39 is 0 Å². The van der Waals surface area contributed by atoms with E-state index in [-0.39, 0.29) is 12.5 Å². The van der Waals surface area contributed by atoms with Crippen LogP contribution < -0.4 is 10.6 Å². The molecular formula is C16H17ClN2O. The van der Waals surface area contributed by atoms with Crippen molar-refractivity contribution in [2.45, 2.75) is 13.3 Å².